The minimum absolute atomic E-state index is 0.567. The molecule has 4 heterocycles. The Morgan fingerprint density at radius 2 is 0.712 bits per heavy atom. The van der Waals surface area contributed by atoms with Crippen molar-refractivity contribution >= 4 is 82.6 Å². The zero-order valence-electron chi connectivity index (χ0n) is 34.0. The molecule has 0 unspecified atom stereocenters. The van der Waals surface area contributed by atoms with E-state index in [0.29, 0.717) is 0 Å². The molecule has 4 fully saturated rings. The van der Waals surface area contributed by atoms with Gasteiger partial charge in [0.2, 0.25) is 0 Å². The third-order valence-electron chi connectivity index (χ3n) is 14.0. The summed E-state index contributed by atoms with van der Waals surface area (Å²) in [4.78, 5) is 0. The molecule has 0 saturated carbocycles. The molecule has 0 atom stereocenters. The zero-order chi connectivity index (χ0) is 38.0. The van der Waals surface area contributed by atoms with E-state index in [9.17, 15) is 0 Å². The molecule has 4 saturated heterocycles. The largest absolute Gasteiger partial charge is 0.495 e. The van der Waals surface area contributed by atoms with Crippen molar-refractivity contribution in [1.29, 1.82) is 0 Å². The maximum Gasteiger partial charge on any atom is 0.495 e. The molecule has 4 aliphatic heterocycles. The van der Waals surface area contributed by atoms with Crippen LogP contribution >= 0.6 is 0 Å². The normalized spacial score (nSPS) is 26.5. The quantitative estimate of drug-likeness (QED) is 0.196. The van der Waals surface area contributed by atoms with E-state index in [4.69, 9.17) is 37.2 Å². The molecule has 4 aromatic carbocycles. The highest BCUT2D eigenvalue weighted by Gasteiger charge is 2.61. The van der Waals surface area contributed by atoms with Crippen LogP contribution in [0, 0.1) is 0 Å². The topological polar surface area (TPSA) is 73.8 Å². The van der Waals surface area contributed by atoms with Crippen molar-refractivity contribution in [2.45, 2.75) is 156 Å². The standard InChI is InChI=1S/C40H54B4O8/c1-33(2)34(3,4)46-41(45-33)26-22-24-19-17-18-23-20-21-25-28(27(23)24)29(26)31(43-49-37(9,10)38(11,12)50-43)32(44-51-39(13,14)40(15,16)52-44)30(25)42-47-35(5,6)36(7,8)48-42/h17-22H,1-16H3. The highest BCUT2D eigenvalue weighted by Crippen LogP contribution is 2.44. The van der Waals surface area contributed by atoms with Crippen LogP contribution in [0.2, 0.25) is 0 Å². The van der Waals surface area contributed by atoms with Crippen molar-refractivity contribution in [3.05, 3.63) is 36.4 Å². The SMILES string of the molecule is CC1(C)OB(c2c(B3OC(C)(C)C(C)(C)O3)c3ccc4cccc5cc(B6OC(C)(C)C(C)(C)O6)c(c2B2OC(C)(C)C(C)(C)O2)c3c45)OC1(C)C. The summed E-state index contributed by atoms with van der Waals surface area (Å²) in [6, 6.07) is 13.1. The van der Waals surface area contributed by atoms with Gasteiger partial charge in [0.05, 0.1) is 44.8 Å². The van der Waals surface area contributed by atoms with E-state index in [-0.39, 0.29) is 0 Å². The lowest BCUT2D eigenvalue weighted by Crippen LogP contribution is -2.63. The molecule has 8 rings (SSSR count). The predicted molar refractivity (Wildman–Crippen MR) is 213 cm³/mol. The lowest BCUT2D eigenvalue weighted by atomic mass is 9.53. The number of hydrogen-bond acceptors (Lipinski definition) is 8. The average Bonchev–Trinajstić information content (AvgIpc) is 3.54. The molecular formula is C40H54B4O8. The van der Waals surface area contributed by atoms with Crippen LogP contribution in [-0.4, -0.2) is 73.3 Å². The van der Waals surface area contributed by atoms with Crippen molar-refractivity contribution in [2.75, 3.05) is 0 Å². The van der Waals surface area contributed by atoms with Gasteiger partial charge in [0.15, 0.2) is 0 Å². The summed E-state index contributed by atoms with van der Waals surface area (Å²) < 4.78 is 55.8. The molecule has 4 aromatic rings. The highest BCUT2D eigenvalue weighted by atomic mass is 16.7. The van der Waals surface area contributed by atoms with Gasteiger partial charge in [-0.25, -0.2) is 0 Å². The fraction of sp³-hybridized carbons (Fsp3) is 0.600. The zero-order valence-corrected chi connectivity index (χ0v) is 34.0. The van der Waals surface area contributed by atoms with E-state index in [1.807, 2.05) is 0 Å². The molecule has 8 nitrogen and oxygen atoms in total. The third kappa shape index (κ3) is 5.01. The van der Waals surface area contributed by atoms with Crippen LogP contribution in [0.25, 0.3) is 32.3 Å². The van der Waals surface area contributed by atoms with E-state index in [1.54, 1.807) is 0 Å². The maximum absolute atomic E-state index is 7.05. The Balaban J connectivity index is 1.57. The summed E-state index contributed by atoms with van der Waals surface area (Å²) >= 11 is 0. The van der Waals surface area contributed by atoms with Gasteiger partial charge in [-0.2, -0.15) is 0 Å². The van der Waals surface area contributed by atoms with Crippen LogP contribution in [0.15, 0.2) is 36.4 Å². The molecule has 0 aromatic heterocycles. The van der Waals surface area contributed by atoms with Gasteiger partial charge in [-0.3, -0.25) is 0 Å². The smallest absolute Gasteiger partial charge is 0.399 e. The molecule has 274 valence electrons. The molecule has 0 N–H and O–H groups in total. The minimum Gasteiger partial charge on any atom is -0.399 e. The van der Waals surface area contributed by atoms with Crippen LogP contribution in [0.4, 0.5) is 0 Å². The molecule has 4 aliphatic rings. The number of rotatable bonds is 4. The van der Waals surface area contributed by atoms with Crippen molar-refractivity contribution in [2.24, 2.45) is 0 Å². The number of benzene rings is 4. The van der Waals surface area contributed by atoms with Gasteiger partial charge in [0.25, 0.3) is 0 Å². The fourth-order valence-corrected chi connectivity index (χ4v) is 7.90. The van der Waals surface area contributed by atoms with Crippen LogP contribution in [0.1, 0.15) is 111 Å². The van der Waals surface area contributed by atoms with E-state index in [2.05, 4.69) is 147 Å². The second-order valence-corrected chi connectivity index (χ2v) is 19.5. The number of hydrogen-bond donors (Lipinski definition) is 0. The second kappa shape index (κ2) is 10.8. The summed E-state index contributed by atoms with van der Waals surface area (Å²) in [6.45, 7) is 33.4. The van der Waals surface area contributed by atoms with Crippen molar-refractivity contribution in [1.82, 2.24) is 0 Å². The summed E-state index contributed by atoms with van der Waals surface area (Å²) in [5.74, 6) is 0. The summed E-state index contributed by atoms with van der Waals surface area (Å²) in [7, 11) is -3.02. The van der Waals surface area contributed by atoms with Gasteiger partial charge in [0, 0.05) is 0 Å². The Morgan fingerprint density at radius 1 is 0.346 bits per heavy atom. The summed E-state index contributed by atoms with van der Waals surface area (Å²) in [5.41, 5.74) is -1.52. The van der Waals surface area contributed by atoms with Crippen LogP contribution in [-0.2, 0) is 37.2 Å². The van der Waals surface area contributed by atoms with E-state index >= 15 is 0 Å². The highest BCUT2D eigenvalue weighted by molar-refractivity contribution is 6.86. The Morgan fingerprint density at radius 3 is 1.15 bits per heavy atom. The predicted octanol–water partition coefficient (Wildman–Crippen LogP) is 5.78. The molecule has 0 aliphatic carbocycles. The maximum atomic E-state index is 7.05. The Bertz CT molecular complexity index is 2060. The van der Waals surface area contributed by atoms with E-state index in [1.165, 1.54) is 0 Å². The van der Waals surface area contributed by atoms with Gasteiger partial charge in [0.1, 0.15) is 0 Å². The molecular weight excluding hydrogens is 652 g/mol. The lowest BCUT2D eigenvalue weighted by molar-refractivity contribution is 0.00578. The van der Waals surface area contributed by atoms with Gasteiger partial charge in [-0.05, 0) is 165 Å². The second-order valence-electron chi connectivity index (χ2n) is 19.5. The van der Waals surface area contributed by atoms with Gasteiger partial charge >= 0.3 is 28.5 Å². The first kappa shape index (κ1) is 36.8. The van der Waals surface area contributed by atoms with Gasteiger partial charge in [-0.1, -0.05) is 36.4 Å². The first-order valence-electron chi connectivity index (χ1n) is 18.9. The molecule has 0 bridgehead atoms. The monoisotopic (exact) mass is 706 g/mol. The Labute approximate surface area is 311 Å². The van der Waals surface area contributed by atoms with Crippen LogP contribution < -0.4 is 21.9 Å². The van der Waals surface area contributed by atoms with Crippen LogP contribution in [0.3, 0.4) is 0 Å². The van der Waals surface area contributed by atoms with E-state index < -0.39 is 73.3 Å². The third-order valence-corrected chi connectivity index (χ3v) is 14.0. The Kier molecular flexibility index (Phi) is 7.64. The molecule has 0 amide bonds. The van der Waals surface area contributed by atoms with Gasteiger partial charge < -0.3 is 37.2 Å². The van der Waals surface area contributed by atoms with Crippen molar-refractivity contribution < 1.29 is 37.2 Å². The van der Waals surface area contributed by atoms with Crippen molar-refractivity contribution in [3.63, 3.8) is 0 Å². The summed E-state index contributed by atoms with van der Waals surface area (Å²) in [5, 5.41) is 6.32. The first-order valence-corrected chi connectivity index (χ1v) is 18.9. The van der Waals surface area contributed by atoms with E-state index in [0.717, 1.165) is 54.2 Å². The minimum atomic E-state index is -0.805. The molecule has 52 heavy (non-hydrogen) atoms. The lowest BCUT2D eigenvalue weighted by Gasteiger charge is -2.32. The van der Waals surface area contributed by atoms with Crippen LogP contribution in [0.5, 0.6) is 0 Å². The van der Waals surface area contributed by atoms with Crippen molar-refractivity contribution in [3.8, 4) is 0 Å². The fourth-order valence-electron chi connectivity index (χ4n) is 7.90. The summed E-state index contributed by atoms with van der Waals surface area (Å²) in [6.07, 6.45) is 0. The molecule has 12 heteroatoms. The van der Waals surface area contributed by atoms with Gasteiger partial charge in [-0.15, -0.1) is 0 Å². The first-order chi connectivity index (χ1) is 23.7. The Hall–Kier alpha value is -2.14. The molecule has 0 radical (unpaired) electrons. The average molecular weight is 706 g/mol. The molecule has 0 spiro atoms.